The normalized spacial score (nSPS) is 11.8. The standard InChI is InChI=1S/C12H14ClFN2O3S/c1-20-5-4-10(11(17)18)16-12(19)15-9-3-2-7(13)6-8(9)14/h2-3,6,10H,4-5H2,1H3,(H,17,18)(H2,15,16,19)/t10-/m0/s1. The average molecular weight is 321 g/mol. The molecule has 1 aromatic rings. The Morgan fingerprint density at radius 3 is 2.75 bits per heavy atom. The van der Waals surface area contributed by atoms with Gasteiger partial charge in [-0.1, -0.05) is 11.6 Å². The van der Waals surface area contributed by atoms with Crippen LogP contribution in [0.2, 0.25) is 5.02 Å². The minimum absolute atomic E-state index is 0.0686. The molecule has 0 unspecified atom stereocenters. The Morgan fingerprint density at radius 1 is 1.50 bits per heavy atom. The predicted molar refractivity (Wildman–Crippen MR) is 78.0 cm³/mol. The highest BCUT2D eigenvalue weighted by Gasteiger charge is 2.19. The summed E-state index contributed by atoms with van der Waals surface area (Å²) in [5, 5.41) is 13.7. The van der Waals surface area contributed by atoms with E-state index in [2.05, 4.69) is 10.6 Å². The molecule has 0 aliphatic carbocycles. The average Bonchev–Trinajstić information content (AvgIpc) is 2.37. The van der Waals surface area contributed by atoms with Gasteiger partial charge in [0.1, 0.15) is 11.9 Å². The summed E-state index contributed by atoms with van der Waals surface area (Å²) in [6.07, 6.45) is 2.12. The summed E-state index contributed by atoms with van der Waals surface area (Å²) in [5.41, 5.74) is -0.0686. The van der Waals surface area contributed by atoms with Crippen LogP contribution in [0.4, 0.5) is 14.9 Å². The molecule has 0 aliphatic heterocycles. The Kier molecular flexibility index (Phi) is 6.60. The predicted octanol–water partition coefficient (Wildman–Crippen LogP) is 2.81. The van der Waals surface area contributed by atoms with Gasteiger partial charge in [-0.05, 0) is 36.6 Å². The molecule has 0 saturated heterocycles. The van der Waals surface area contributed by atoms with Gasteiger partial charge in [0, 0.05) is 5.02 Å². The molecule has 0 aliphatic rings. The summed E-state index contributed by atoms with van der Waals surface area (Å²) in [5.74, 6) is -1.23. The number of carbonyl (C=O) groups excluding carboxylic acids is 1. The molecule has 110 valence electrons. The maximum absolute atomic E-state index is 13.5. The van der Waals surface area contributed by atoms with Crippen LogP contribution in [0.5, 0.6) is 0 Å². The van der Waals surface area contributed by atoms with Crippen molar-refractivity contribution in [1.29, 1.82) is 0 Å². The molecular formula is C12H14ClFN2O3S. The van der Waals surface area contributed by atoms with E-state index >= 15 is 0 Å². The van der Waals surface area contributed by atoms with Crippen molar-refractivity contribution in [2.75, 3.05) is 17.3 Å². The van der Waals surface area contributed by atoms with E-state index in [1.165, 1.54) is 23.9 Å². The van der Waals surface area contributed by atoms with Crippen molar-refractivity contribution >= 4 is 41.1 Å². The summed E-state index contributed by atoms with van der Waals surface area (Å²) in [6.45, 7) is 0. The topological polar surface area (TPSA) is 78.4 Å². The number of nitrogens with one attached hydrogen (secondary N) is 2. The summed E-state index contributed by atoms with van der Waals surface area (Å²) in [4.78, 5) is 22.6. The van der Waals surface area contributed by atoms with Crippen LogP contribution in [0.3, 0.4) is 0 Å². The Balaban J connectivity index is 2.63. The summed E-state index contributed by atoms with van der Waals surface area (Å²) in [7, 11) is 0. The molecule has 1 atom stereocenters. The molecule has 0 aromatic heterocycles. The molecule has 0 heterocycles. The molecule has 0 fully saturated rings. The Hall–Kier alpha value is -1.47. The fraction of sp³-hybridized carbons (Fsp3) is 0.333. The van der Waals surface area contributed by atoms with E-state index in [4.69, 9.17) is 16.7 Å². The number of rotatable bonds is 6. The number of hydrogen-bond acceptors (Lipinski definition) is 3. The molecule has 1 aromatic carbocycles. The first-order valence-corrected chi connectivity index (χ1v) is 7.45. The van der Waals surface area contributed by atoms with Gasteiger partial charge < -0.3 is 15.7 Å². The molecule has 20 heavy (non-hydrogen) atoms. The molecule has 5 nitrogen and oxygen atoms in total. The van der Waals surface area contributed by atoms with Crippen LogP contribution in [-0.2, 0) is 4.79 Å². The maximum Gasteiger partial charge on any atom is 0.326 e. The van der Waals surface area contributed by atoms with Gasteiger partial charge in [-0.25, -0.2) is 14.0 Å². The highest BCUT2D eigenvalue weighted by Crippen LogP contribution is 2.18. The zero-order valence-corrected chi connectivity index (χ0v) is 12.2. The van der Waals surface area contributed by atoms with Gasteiger partial charge in [0.2, 0.25) is 0 Å². The second kappa shape index (κ2) is 7.96. The molecular weight excluding hydrogens is 307 g/mol. The number of aliphatic carboxylic acids is 1. The van der Waals surface area contributed by atoms with Crippen molar-refractivity contribution in [3.63, 3.8) is 0 Å². The molecule has 0 radical (unpaired) electrons. The maximum atomic E-state index is 13.5. The Labute approximate surface area is 124 Å². The summed E-state index contributed by atoms with van der Waals surface area (Å²) in [6, 6.07) is 1.98. The highest BCUT2D eigenvalue weighted by molar-refractivity contribution is 7.98. The number of carbonyl (C=O) groups is 2. The largest absolute Gasteiger partial charge is 0.480 e. The van der Waals surface area contributed by atoms with Crippen LogP contribution >= 0.6 is 23.4 Å². The van der Waals surface area contributed by atoms with Crippen molar-refractivity contribution < 1.29 is 19.1 Å². The molecule has 3 N–H and O–H groups in total. The van der Waals surface area contributed by atoms with Gasteiger partial charge in [0.15, 0.2) is 0 Å². The van der Waals surface area contributed by atoms with E-state index < -0.39 is 23.9 Å². The first-order chi connectivity index (χ1) is 9.43. The number of thioether (sulfide) groups is 1. The molecule has 1 rings (SSSR count). The fourth-order valence-corrected chi connectivity index (χ4v) is 2.03. The van der Waals surface area contributed by atoms with Crippen molar-refractivity contribution in [3.8, 4) is 0 Å². The second-order valence-corrected chi connectivity index (χ2v) is 5.32. The van der Waals surface area contributed by atoms with Gasteiger partial charge in [-0.2, -0.15) is 11.8 Å². The van der Waals surface area contributed by atoms with Gasteiger partial charge in [0.25, 0.3) is 0 Å². The first-order valence-electron chi connectivity index (χ1n) is 5.68. The van der Waals surface area contributed by atoms with E-state index in [1.807, 2.05) is 6.26 Å². The number of amides is 2. The van der Waals surface area contributed by atoms with Gasteiger partial charge in [-0.3, -0.25) is 0 Å². The third-order valence-corrected chi connectivity index (χ3v) is 3.27. The Bertz CT molecular complexity index is 502. The van der Waals surface area contributed by atoms with Crippen LogP contribution in [0.1, 0.15) is 6.42 Å². The van der Waals surface area contributed by atoms with Crippen LogP contribution in [0, 0.1) is 5.82 Å². The molecule has 0 bridgehead atoms. The van der Waals surface area contributed by atoms with E-state index in [-0.39, 0.29) is 17.1 Å². The number of halogens is 2. The zero-order chi connectivity index (χ0) is 15.1. The summed E-state index contributed by atoms with van der Waals surface area (Å²) >= 11 is 7.06. The lowest BCUT2D eigenvalue weighted by atomic mass is 10.2. The second-order valence-electron chi connectivity index (χ2n) is 3.89. The SMILES string of the molecule is CSCC[C@H](NC(=O)Nc1ccc(Cl)cc1F)C(=O)O. The minimum atomic E-state index is -1.13. The molecule has 0 saturated carbocycles. The van der Waals surface area contributed by atoms with Crippen LogP contribution in [0.25, 0.3) is 0 Å². The first kappa shape index (κ1) is 16.6. The zero-order valence-electron chi connectivity index (χ0n) is 10.7. The number of urea groups is 1. The lowest BCUT2D eigenvalue weighted by Gasteiger charge is -2.15. The van der Waals surface area contributed by atoms with Gasteiger partial charge in [0.05, 0.1) is 5.69 Å². The number of hydrogen-bond donors (Lipinski definition) is 3. The Morgan fingerprint density at radius 2 is 2.20 bits per heavy atom. The van der Waals surface area contributed by atoms with E-state index in [1.54, 1.807) is 0 Å². The van der Waals surface area contributed by atoms with Crippen molar-refractivity contribution in [2.45, 2.75) is 12.5 Å². The van der Waals surface area contributed by atoms with E-state index in [0.717, 1.165) is 6.07 Å². The highest BCUT2D eigenvalue weighted by atomic mass is 35.5. The summed E-state index contributed by atoms with van der Waals surface area (Å²) < 4.78 is 13.5. The number of carboxylic acid groups (broad SMARTS) is 1. The number of benzene rings is 1. The molecule has 8 heteroatoms. The van der Waals surface area contributed by atoms with E-state index in [0.29, 0.717) is 5.75 Å². The third kappa shape index (κ3) is 5.26. The number of carboxylic acids is 1. The van der Waals surface area contributed by atoms with Crippen LogP contribution in [-0.4, -0.2) is 35.2 Å². The molecule has 2 amide bonds. The fourth-order valence-electron chi connectivity index (χ4n) is 1.40. The monoisotopic (exact) mass is 320 g/mol. The smallest absolute Gasteiger partial charge is 0.326 e. The van der Waals surface area contributed by atoms with Crippen molar-refractivity contribution in [2.24, 2.45) is 0 Å². The van der Waals surface area contributed by atoms with Crippen LogP contribution in [0.15, 0.2) is 18.2 Å². The van der Waals surface area contributed by atoms with Crippen molar-refractivity contribution in [3.05, 3.63) is 29.0 Å². The quantitative estimate of drug-likeness (QED) is 0.753. The minimum Gasteiger partial charge on any atom is -0.480 e. The third-order valence-electron chi connectivity index (χ3n) is 2.39. The molecule has 0 spiro atoms. The lowest BCUT2D eigenvalue weighted by molar-refractivity contribution is -0.139. The van der Waals surface area contributed by atoms with E-state index in [9.17, 15) is 14.0 Å². The number of anilines is 1. The van der Waals surface area contributed by atoms with Gasteiger partial charge in [-0.15, -0.1) is 0 Å². The van der Waals surface area contributed by atoms with Gasteiger partial charge >= 0.3 is 12.0 Å². The van der Waals surface area contributed by atoms with Crippen molar-refractivity contribution in [1.82, 2.24) is 5.32 Å². The van der Waals surface area contributed by atoms with Crippen LogP contribution < -0.4 is 10.6 Å². The lowest BCUT2D eigenvalue weighted by Crippen LogP contribution is -2.43.